The molecule has 2 heterocycles. The van der Waals surface area contributed by atoms with Crippen molar-refractivity contribution in [3.8, 4) is 0 Å². The highest BCUT2D eigenvalue weighted by atomic mass is 32.2. The van der Waals surface area contributed by atoms with Crippen LogP contribution in [0.15, 0.2) is 23.2 Å². The van der Waals surface area contributed by atoms with Crippen molar-refractivity contribution < 1.29 is 8.42 Å². The Morgan fingerprint density at radius 3 is 2.81 bits per heavy atom. The predicted octanol–water partition coefficient (Wildman–Crippen LogP) is 2.40. The van der Waals surface area contributed by atoms with Crippen LogP contribution < -0.4 is 4.90 Å². The van der Waals surface area contributed by atoms with Gasteiger partial charge < -0.3 is 4.90 Å². The Labute approximate surface area is 130 Å². The van der Waals surface area contributed by atoms with Gasteiger partial charge in [-0.15, -0.1) is 0 Å². The van der Waals surface area contributed by atoms with Crippen LogP contribution >= 0.6 is 11.8 Å². The minimum absolute atomic E-state index is 0.0375. The molecule has 0 saturated carbocycles. The molecule has 0 radical (unpaired) electrons. The van der Waals surface area contributed by atoms with Crippen molar-refractivity contribution >= 4 is 32.5 Å². The molecule has 0 N–H and O–H groups in total. The Morgan fingerprint density at radius 1 is 1.33 bits per heavy atom. The van der Waals surface area contributed by atoms with Gasteiger partial charge in [-0.05, 0) is 36.8 Å². The predicted molar refractivity (Wildman–Crippen MR) is 90.2 cm³/mol. The van der Waals surface area contributed by atoms with Crippen LogP contribution in [0.25, 0.3) is 0 Å². The van der Waals surface area contributed by atoms with Crippen LogP contribution in [0.1, 0.15) is 18.1 Å². The molecule has 1 aromatic carbocycles. The fourth-order valence-corrected chi connectivity index (χ4v) is 5.71. The third-order valence-electron chi connectivity index (χ3n) is 4.01. The van der Waals surface area contributed by atoms with Gasteiger partial charge in [0.05, 0.1) is 23.6 Å². The molecule has 0 aliphatic carbocycles. The number of anilines is 1. The lowest BCUT2D eigenvalue weighted by molar-refractivity contribution is 0.601. The quantitative estimate of drug-likeness (QED) is 0.838. The van der Waals surface area contributed by atoms with Gasteiger partial charge >= 0.3 is 0 Å². The van der Waals surface area contributed by atoms with Gasteiger partial charge in [-0.2, -0.15) is 0 Å². The van der Waals surface area contributed by atoms with Crippen LogP contribution in [-0.2, 0) is 9.84 Å². The summed E-state index contributed by atoms with van der Waals surface area (Å²) in [5, 5.41) is 0.969. The number of sulfone groups is 1. The molecule has 4 nitrogen and oxygen atoms in total. The number of thioether (sulfide) groups is 1. The molecule has 2 atom stereocenters. The molecule has 0 spiro atoms. The van der Waals surface area contributed by atoms with E-state index in [1.54, 1.807) is 11.8 Å². The topological polar surface area (TPSA) is 49.7 Å². The first kappa shape index (κ1) is 14.9. The summed E-state index contributed by atoms with van der Waals surface area (Å²) in [6.45, 7) is 6.23. The second-order valence-electron chi connectivity index (χ2n) is 5.72. The first-order chi connectivity index (χ1) is 9.91. The Morgan fingerprint density at radius 2 is 2.10 bits per heavy atom. The lowest BCUT2D eigenvalue weighted by atomic mass is 10.1. The summed E-state index contributed by atoms with van der Waals surface area (Å²) in [6.07, 6.45) is 0. The van der Waals surface area contributed by atoms with Gasteiger partial charge in [0.15, 0.2) is 15.0 Å². The Bertz CT molecular complexity index is 698. The SMILES string of the molecule is CCSC1=N[C@H]2CS(=O)(=O)C[C@@H]2N1c1cc(C)ccc1C. The third-order valence-corrected chi connectivity index (χ3v) is 6.55. The maximum atomic E-state index is 11.9. The van der Waals surface area contributed by atoms with Crippen LogP contribution in [0, 0.1) is 13.8 Å². The number of rotatable bonds is 2. The highest BCUT2D eigenvalue weighted by Gasteiger charge is 2.47. The molecular formula is C15H20N2O2S2. The maximum absolute atomic E-state index is 11.9. The van der Waals surface area contributed by atoms with E-state index in [0.29, 0.717) is 0 Å². The van der Waals surface area contributed by atoms with Gasteiger partial charge in [0, 0.05) is 5.69 Å². The summed E-state index contributed by atoms with van der Waals surface area (Å²) in [6, 6.07) is 6.17. The van der Waals surface area contributed by atoms with E-state index in [1.807, 2.05) is 0 Å². The van der Waals surface area contributed by atoms with Gasteiger partial charge in [0.1, 0.15) is 0 Å². The van der Waals surface area contributed by atoms with Crippen molar-refractivity contribution in [2.45, 2.75) is 32.9 Å². The number of benzene rings is 1. The molecule has 114 valence electrons. The van der Waals surface area contributed by atoms with Gasteiger partial charge in [-0.25, -0.2) is 8.42 Å². The van der Waals surface area contributed by atoms with Crippen molar-refractivity contribution in [2.75, 3.05) is 22.2 Å². The number of fused-ring (bicyclic) bond motifs is 1. The van der Waals surface area contributed by atoms with Gasteiger partial charge in [0.25, 0.3) is 0 Å². The molecule has 1 fully saturated rings. The fraction of sp³-hybridized carbons (Fsp3) is 0.533. The number of hydrogen-bond acceptors (Lipinski definition) is 5. The van der Waals surface area contributed by atoms with Crippen LogP contribution in [0.3, 0.4) is 0 Å². The number of aryl methyl sites for hydroxylation is 2. The average Bonchev–Trinajstić information content (AvgIpc) is 2.84. The van der Waals surface area contributed by atoms with Crippen LogP contribution in [0.4, 0.5) is 5.69 Å². The monoisotopic (exact) mass is 324 g/mol. The summed E-state index contributed by atoms with van der Waals surface area (Å²) >= 11 is 1.69. The number of amidine groups is 1. The van der Waals surface area contributed by atoms with E-state index in [1.165, 1.54) is 5.56 Å². The van der Waals surface area contributed by atoms with E-state index in [2.05, 4.69) is 43.9 Å². The summed E-state index contributed by atoms with van der Waals surface area (Å²) in [5.74, 6) is 1.33. The number of nitrogens with zero attached hydrogens (tertiary/aromatic N) is 2. The zero-order valence-electron chi connectivity index (χ0n) is 12.5. The Kier molecular flexibility index (Phi) is 3.78. The molecule has 6 heteroatoms. The van der Waals surface area contributed by atoms with Gasteiger partial charge in [-0.3, -0.25) is 4.99 Å². The van der Waals surface area contributed by atoms with Crippen molar-refractivity contribution in [3.05, 3.63) is 29.3 Å². The average molecular weight is 324 g/mol. The number of hydrogen-bond donors (Lipinski definition) is 0. The molecule has 1 saturated heterocycles. The molecule has 0 amide bonds. The van der Waals surface area contributed by atoms with E-state index in [0.717, 1.165) is 22.2 Å². The zero-order valence-corrected chi connectivity index (χ0v) is 14.2. The summed E-state index contributed by atoms with van der Waals surface area (Å²) < 4.78 is 23.9. The second-order valence-corrected chi connectivity index (χ2v) is 9.10. The van der Waals surface area contributed by atoms with Crippen LogP contribution in [0.5, 0.6) is 0 Å². The Balaban J connectivity index is 2.05. The standard InChI is InChI=1S/C15H20N2O2S2/c1-4-20-15-16-12-8-21(18,19)9-14(12)17(15)13-7-10(2)5-6-11(13)3/h5-7,12,14H,4,8-9H2,1-3H3/t12-,14-/m0/s1. The highest BCUT2D eigenvalue weighted by molar-refractivity contribution is 8.14. The van der Waals surface area contributed by atoms with E-state index >= 15 is 0 Å². The first-order valence-corrected chi connectivity index (χ1v) is 9.99. The summed E-state index contributed by atoms with van der Waals surface area (Å²) in [4.78, 5) is 6.85. The third kappa shape index (κ3) is 2.71. The Hall–Kier alpha value is -1.01. The largest absolute Gasteiger partial charge is 0.315 e. The fourth-order valence-electron chi connectivity index (χ4n) is 3.02. The molecule has 21 heavy (non-hydrogen) atoms. The van der Waals surface area contributed by atoms with E-state index in [9.17, 15) is 8.42 Å². The van der Waals surface area contributed by atoms with E-state index in [-0.39, 0.29) is 23.6 Å². The van der Waals surface area contributed by atoms with Gasteiger partial charge in [-0.1, -0.05) is 30.8 Å². The van der Waals surface area contributed by atoms with Gasteiger partial charge in [0.2, 0.25) is 0 Å². The molecule has 0 unspecified atom stereocenters. The molecule has 2 aliphatic heterocycles. The number of aliphatic imine (C=N–C) groups is 1. The molecule has 2 aliphatic rings. The molecular weight excluding hydrogens is 304 g/mol. The van der Waals surface area contributed by atoms with Crippen molar-refractivity contribution in [2.24, 2.45) is 4.99 Å². The minimum atomic E-state index is -2.97. The first-order valence-electron chi connectivity index (χ1n) is 7.19. The highest BCUT2D eigenvalue weighted by Crippen LogP contribution is 2.36. The van der Waals surface area contributed by atoms with Crippen molar-refractivity contribution in [3.63, 3.8) is 0 Å². The van der Waals surface area contributed by atoms with Crippen molar-refractivity contribution in [1.29, 1.82) is 0 Å². The minimum Gasteiger partial charge on any atom is -0.315 e. The van der Waals surface area contributed by atoms with Crippen molar-refractivity contribution in [1.82, 2.24) is 0 Å². The second kappa shape index (κ2) is 5.32. The normalized spacial score (nSPS) is 26.8. The molecule has 0 bridgehead atoms. The smallest absolute Gasteiger partial charge is 0.164 e. The molecule has 3 rings (SSSR count). The molecule has 0 aromatic heterocycles. The van der Waals surface area contributed by atoms with E-state index in [4.69, 9.17) is 4.99 Å². The van der Waals surface area contributed by atoms with Crippen LogP contribution in [-0.4, -0.2) is 42.9 Å². The van der Waals surface area contributed by atoms with E-state index < -0.39 is 9.84 Å². The zero-order chi connectivity index (χ0) is 15.2. The summed E-state index contributed by atoms with van der Waals surface area (Å²) in [5.41, 5.74) is 3.44. The molecule has 1 aromatic rings. The lowest BCUT2D eigenvalue weighted by Crippen LogP contribution is -2.39. The maximum Gasteiger partial charge on any atom is 0.164 e. The summed E-state index contributed by atoms with van der Waals surface area (Å²) in [7, 11) is -2.97. The van der Waals surface area contributed by atoms with Crippen LogP contribution in [0.2, 0.25) is 0 Å². The lowest BCUT2D eigenvalue weighted by Gasteiger charge is -2.28.